The van der Waals surface area contributed by atoms with Gasteiger partial charge in [-0.25, -0.2) is 4.79 Å². The van der Waals surface area contributed by atoms with Crippen LogP contribution in [0.4, 0.5) is 4.79 Å². The molecule has 1 aromatic rings. The highest BCUT2D eigenvalue weighted by Gasteiger charge is 2.43. The summed E-state index contributed by atoms with van der Waals surface area (Å²) in [6, 6.07) is 5.81. The molecule has 0 saturated carbocycles. The Hall–Kier alpha value is -2.16. The highest BCUT2D eigenvalue weighted by Crippen LogP contribution is 2.24. The third-order valence-corrected chi connectivity index (χ3v) is 3.73. The van der Waals surface area contributed by atoms with E-state index in [-0.39, 0.29) is 24.9 Å². The van der Waals surface area contributed by atoms with Gasteiger partial charge in [-0.3, -0.25) is 14.9 Å². The first-order chi connectivity index (χ1) is 10.9. The first-order valence-corrected chi connectivity index (χ1v) is 7.12. The smallest absolute Gasteiger partial charge is 0.322 e. The van der Waals surface area contributed by atoms with E-state index in [1.807, 2.05) is 0 Å². The standard InChI is InChI=1S/C15H20N4O4.ClH/c1-15(13(21)18-14(22)19-15)10-5-3-9(4-6-10)7-17-12(20)11(16)8-23-2;/h3-6,11H,7-8,16H2,1-2H3,(H,17,20)(H2,18,19,21,22);1H. The zero-order valence-electron chi connectivity index (χ0n) is 13.4. The summed E-state index contributed by atoms with van der Waals surface area (Å²) in [7, 11) is 1.48. The summed E-state index contributed by atoms with van der Waals surface area (Å²) >= 11 is 0. The normalized spacial score (nSPS) is 20.6. The highest BCUT2D eigenvalue weighted by molar-refractivity contribution is 6.07. The van der Waals surface area contributed by atoms with Crippen LogP contribution < -0.4 is 21.7 Å². The van der Waals surface area contributed by atoms with Gasteiger partial charge in [0.1, 0.15) is 11.6 Å². The fourth-order valence-corrected chi connectivity index (χ4v) is 2.28. The molecule has 0 aliphatic carbocycles. The van der Waals surface area contributed by atoms with Gasteiger partial charge < -0.3 is 21.1 Å². The van der Waals surface area contributed by atoms with Crippen molar-refractivity contribution in [1.82, 2.24) is 16.0 Å². The van der Waals surface area contributed by atoms with E-state index < -0.39 is 23.5 Å². The molecule has 1 saturated heterocycles. The van der Waals surface area contributed by atoms with Crippen LogP contribution in [-0.4, -0.2) is 37.6 Å². The highest BCUT2D eigenvalue weighted by atomic mass is 35.5. The van der Waals surface area contributed by atoms with Crippen molar-refractivity contribution in [2.45, 2.75) is 25.0 Å². The van der Waals surface area contributed by atoms with Gasteiger partial charge in [0.2, 0.25) is 5.91 Å². The number of urea groups is 1. The number of carbonyl (C=O) groups excluding carboxylic acids is 3. The maximum Gasteiger partial charge on any atom is 0.322 e. The lowest BCUT2D eigenvalue weighted by molar-refractivity contribution is -0.124. The van der Waals surface area contributed by atoms with E-state index in [9.17, 15) is 14.4 Å². The van der Waals surface area contributed by atoms with Gasteiger partial charge in [-0.1, -0.05) is 24.3 Å². The summed E-state index contributed by atoms with van der Waals surface area (Å²) < 4.78 is 4.82. The van der Waals surface area contributed by atoms with Gasteiger partial charge in [-0.15, -0.1) is 12.4 Å². The van der Waals surface area contributed by atoms with E-state index in [0.29, 0.717) is 12.1 Å². The van der Waals surface area contributed by atoms with Crippen LogP contribution in [0.2, 0.25) is 0 Å². The van der Waals surface area contributed by atoms with Gasteiger partial charge >= 0.3 is 6.03 Å². The van der Waals surface area contributed by atoms with E-state index in [2.05, 4.69) is 16.0 Å². The van der Waals surface area contributed by atoms with Crippen LogP contribution in [0.25, 0.3) is 0 Å². The molecule has 2 atom stereocenters. The number of imide groups is 1. The minimum Gasteiger partial charge on any atom is -0.383 e. The van der Waals surface area contributed by atoms with E-state index in [0.717, 1.165) is 5.56 Å². The molecule has 4 amide bonds. The van der Waals surface area contributed by atoms with E-state index in [1.165, 1.54) is 7.11 Å². The van der Waals surface area contributed by atoms with Crippen LogP contribution in [0.1, 0.15) is 18.1 Å². The zero-order valence-corrected chi connectivity index (χ0v) is 14.2. The Balaban J connectivity index is 0.00000288. The minimum atomic E-state index is -1.08. The molecule has 0 radical (unpaired) electrons. The maximum atomic E-state index is 11.9. The van der Waals surface area contributed by atoms with Crippen molar-refractivity contribution in [2.24, 2.45) is 5.73 Å². The van der Waals surface area contributed by atoms with Crippen LogP contribution in [0, 0.1) is 0 Å². The fourth-order valence-electron chi connectivity index (χ4n) is 2.28. The molecule has 2 unspecified atom stereocenters. The van der Waals surface area contributed by atoms with Crippen LogP contribution >= 0.6 is 12.4 Å². The van der Waals surface area contributed by atoms with E-state index in [4.69, 9.17) is 10.5 Å². The number of ether oxygens (including phenoxy) is 1. The van der Waals surface area contributed by atoms with Crippen molar-refractivity contribution in [2.75, 3.05) is 13.7 Å². The number of methoxy groups -OCH3 is 1. The van der Waals surface area contributed by atoms with Crippen LogP contribution in [0.3, 0.4) is 0 Å². The lowest BCUT2D eigenvalue weighted by Crippen LogP contribution is -2.43. The quantitative estimate of drug-likeness (QED) is 0.524. The number of amides is 4. The van der Waals surface area contributed by atoms with E-state index >= 15 is 0 Å². The Labute approximate surface area is 145 Å². The number of benzene rings is 1. The second kappa shape index (κ2) is 8.09. The molecule has 1 aliphatic rings. The topological polar surface area (TPSA) is 123 Å². The second-order valence-electron chi connectivity index (χ2n) is 5.51. The monoisotopic (exact) mass is 356 g/mol. The Kier molecular flexibility index (Phi) is 6.70. The molecule has 24 heavy (non-hydrogen) atoms. The zero-order chi connectivity index (χ0) is 17.0. The largest absolute Gasteiger partial charge is 0.383 e. The molecular weight excluding hydrogens is 336 g/mol. The molecule has 2 rings (SSSR count). The molecule has 0 aromatic heterocycles. The molecule has 1 aliphatic heterocycles. The number of carbonyl (C=O) groups is 3. The summed E-state index contributed by atoms with van der Waals surface area (Å²) in [5.74, 6) is -0.695. The minimum absolute atomic E-state index is 0. The predicted octanol–water partition coefficient (Wildman–Crippen LogP) is -0.247. The van der Waals surface area contributed by atoms with Crippen molar-refractivity contribution >= 4 is 30.3 Å². The number of halogens is 1. The summed E-state index contributed by atoms with van der Waals surface area (Å²) in [4.78, 5) is 34.9. The summed E-state index contributed by atoms with van der Waals surface area (Å²) in [6.07, 6.45) is 0. The number of rotatable bonds is 6. The maximum absolute atomic E-state index is 11.9. The summed E-state index contributed by atoms with van der Waals surface area (Å²) in [6.45, 7) is 2.09. The van der Waals surface area contributed by atoms with Gasteiger partial charge in [0.05, 0.1) is 6.61 Å². The average Bonchev–Trinajstić information content (AvgIpc) is 2.79. The van der Waals surface area contributed by atoms with Gasteiger partial charge in [-0.05, 0) is 18.1 Å². The van der Waals surface area contributed by atoms with Gasteiger partial charge in [0.15, 0.2) is 0 Å². The molecule has 8 nitrogen and oxygen atoms in total. The third-order valence-electron chi connectivity index (χ3n) is 3.73. The molecule has 9 heteroatoms. The van der Waals surface area contributed by atoms with Crippen LogP contribution in [0.5, 0.6) is 0 Å². The molecule has 0 spiro atoms. The molecular formula is C15H21ClN4O4. The van der Waals surface area contributed by atoms with Gasteiger partial charge in [0.25, 0.3) is 5.91 Å². The number of hydrogen-bond donors (Lipinski definition) is 4. The fraction of sp³-hybridized carbons (Fsp3) is 0.400. The first-order valence-electron chi connectivity index (χ1n) is 7.12. The second-order valence-corrected chi connectivity index (χ2v) is 5.51. The van der Waals surface area contributed by atoms with Crippen molar-refractivity contribution < 1.29 is 19.1 Å². The van der Waals surface area contributed by atoms with Gasteiger partial charge in [-0.2, -0.15) is 0 Å². The van der Waals surface area contributed by atoms with Gasteiger partial charge in [0, 0.05) is 13.7 Å². The Morgan fingerprint density at radius 2 is 1.96 bits per heavy atom. The molecule has 1 aromatic carbocycles. The SMILES string of the molecule is COCC(N)C(=O)NCc1ccc(C2(C)NC(=O)NC2=O)cc1.Cl. The van der Waals surface area contributed by atoms with Crippen LogP contribution in [-0.2, 0) is 26.4 Å². The summed E-state index contributed by atoms with van der Waals surface area (Å²) in [5.41, 5.74) is 6.05. The predicted molar refractivity (Wildman–Crippen MR) is 89.4 cm³/mol. The molecule has 0 bridgehead atoms. The number of nitrogens with one attached hydrogen (secondary N) is 3. The average molecular weight is 357 g/mol. The van der Waals surface area contributed by atoms with Crippen LogP contribution in [0.15, 0.2) is 24.3 Å². The molecule has 1 heterocycles. The molecule has 132 valence electrons. The molecule has 5 N–H and O–H groups in total. The summed E-state index contributed by atoms with van der Waals surface area (Å²) in [5, 5.41) is 7.51. The van der Waals surface area contributed by atoms with Crippen molar-refractivity contribution in [1.29, 1.82) is 0 Å². The van der Waals surface area contributed by atoms with Crippen molar-refractivity contribution in [3.63, 3.8) is 0 Å². The van der Waals surface area contributed by atoms with E-state index in [1.54, 1.807) is 31.2 Å². The Bertz CT molecular complexity index is 622. The molecule has 1 fully saturated rings. The lowest BCUT2D eigenvalue weighted by atomic mass is 9.91. The first kappa shape index (κ1) is 19.9. The Morgan fingerprint density at radius 3 is 2.46 bits per heavy atom. The Morgan fingerprint density at radius 1 is 1.33 bits per heavy atom. The van der Waals surface area contributed by atoms with Crippen molar-refractivity contribution in [3.05, 3.63) is 35.4 Å². The number of nitrogens with two attached hydrogens (primary N) is 1. The van der Waals surface area contributed by atoms with Crippen molar-refractivity contribution in [3.8, 4) is 0 Å². The lowest BCUT2D eigenvalue weighted by Gasteiger charge is -2.21. The third kappa shape index (κ3) is 4.22. The number of hydrogen-bond acceptors (Lipinski definition) is 5.